The second kappa shape index (κ2) is 10.4. The fourth-order valence-electron chi connectivity index (χ4n) is 3.98. The van der Waals surface area contributed by atoms with Crippen molar-refractivity contribution in [1.82, 2.24) is 4.90 Å². The number of ether oxygens (including phenoxy) is 1. The van der Waals surface area contributed by atoms with E-state index >= 15 is 0 Å². The van der Waals surface area contributed by atoms with Crippen LogP contribution in [0.5, 0.6) is 0 Å². The van der Waals surface area contributed by atoms with Gasteiger partial charge in [-0.1, -0.05) is 80.4 Å². The van der Waals surface area contributed by atoms with E-state index in [4.69, 9.17) is 4.74 Å². The summed E-state index contributed by atoms with van der Waals surface area (Å²) < 4.78 is 6.56. The highest BCUT2D eigenvalue weighted by atomic mass is 16.5. The maximum atomic E-state index is 11.7. The molecule has 1 fully saturated rings. The molecule has 1 saturated heterocycles. The lowest BCUT2D eigenvalue weighted by molar-refractivity contribution is -0.145. The van der Waals surface area contributed by atoms with E-state index < -0.39 is 5.97 Å². The molecule has 4 nitrogen and oxygen atoms in total. The highest BCUT2D eigenvalue weighted by molar-refractivity contribution is 5.73. The Hall–Kier alpha value is -2.17. The Bertz CT molecular complexity index is 672. The third kappa shape index (κ3) is 5.43. The number of carboxylic acids is 1. The molecular weight excluding hydrogens is 350 g/mol. The summed E-state index contributed by atoms with van der Waals surface area (Å²) in [6.07, 6.45) is 4.50. The molecule has 1 atom stereocenters. The van der Waals surface area contributed by atoms with Crippen LogP contribution in [0.15, 0.2) is 60.7 Å². The van der Waals surface area contributed by atoms with Crippen molar-refractivity contribution in [3.8, 4) is 0 Å². The Morgan fingerprint density at radius 2 is 1.57 bits per heavy atom. The Morgan fingerprint density at radius 3 is 2.04 bits per heavy atom. The number of rotatable bonds is 9. The van der Waals surface area contributed by atoms with Gasteiger partial charge in [-0.2, -0.15) is 0 Å². The Balaban J connectivity index is 1.65. The molecular formula is C24H31NO3. The molecule has 0 amide bonds. The molecule has 1 N–H and O–H groups in total. The van der Waals surface area contributed by atoms with Crippen molar-refractivity contribution < 1.29 is 14.6 Å². The average molecular weight is 382 g/mol. The van der Waals surface area contributed by atoms with Gasteiger partial charge in [-0.15, -0.1) is 0 Å². The van der Waals surface area contributed by atoms with E-state index in [0.29, 0.717) is 0 Å². The van der Waals surface area contributed by atoms with E-state index in [9.17, 15) is 9.90 Å². The fraction of sp³-hybridized carbons (Fsp3) is 0.458. The van der Waals surface area contributed by atoms with Crippen LogP contribution in [0.3, 0.4) is 0 Å². The minimum atomic E-state index is -0.695. The molecule has 4 heteroatoms. The SMILES string of the molecule is CCCCC(C(=O)O)N1CCC(OC(c2ccccc2)c2ccccc2)CC1. The van der Waals surface area contributed by atoms with Gasteiger partial charge in [0, 0.05) is 13.1 Å². The van der Waals surface area contributed by atoms with Gasteiger partial charge in [0.1, 0.15) is 12.1 Å². The largest absolute Gasteiger partial charge is 0.480 e. The smallest absolute Gasteiger partial charge is 0.320 e. The van der Waals surface area contributed by atoms with E-state index in [1.165, 1.54) is 0 Å². The lowest BCUT2D eigenvalue weighted by Crippen LogP contribution is -2.47. The van der Waals surface area contributed by atoms with Crippen molar-refractivity contribution in [3.63, 3.8) is 0 Å². The van der Waals surface area contributed by atoms with Crippen LogP contribution in [0.1, 0.15) is 56.3 Å². The summed E-state index contributed by atoms with van der Waals surface area (Å²) in [6, 6.07) is 20.3. The molecule has 28 heavy (non-hydrogen) atoms. The zero-order chi connectivity index (χ0) is 19.8. The van der Waals surface area contributed by atoms with E-state index in [-0.39, 0.29) is 18.2 Å². The molecule has 0 aromatic heterocycles. The van der Waals surface area contributed by atoms with Crippen LogP contribution < -0.4 is 0 Å². The molecule has 1 heterocycles. The number of carboxylic acid groups (broad SMARTS) is 1. The number of nitrogens with zero attached hydrogens (tertiary/aromatic N) is 1. The van der Waals surface area contributed by atoms with Gasteiger partial charge in [0.2, 0.25) is 0 Å². The molecule has 150 valence electrons. The van der Waals surface area contributed by atoms with Crippen LogP contribution in [-0.2, 0) is 9.53 Å². The molecule has 1 unspecified atom stereocenters. The number of hydrogen-bond donors (Lipinski definition) is 1. The highest BCUT2D eigenvalue weighted by Gasteiger charge is 2.31. The van der Waals surface area contributed by atoms with Gasteiger partial charge < -0.3 is 9.84 Å². The molecule has 2 aromatic carbocycles. The van der Waals surface area contributed by atoms with Crippen molar-refractivity contribution in [2.24, 2.45) is 0 Å². The van der Waals surface area contributed by atoms with Crippen molar-refractivity contribution in [2.75, 3.05) is 13.1 Å². The molecule has 0 radical (unpaired) electrons. The highest BCUT2D eigenvalue weighted by Crippen LogP contribution is 2.30. The predicted molar refractivity (Wildman–Crippen MR) is 111 cm³/mol. The van der Waals surface area contributed by atoms with Gasteiger partial charge in [-0.05, 0) is 30.4 Å². The standard InChI is InChI=1S/C24H31NO3/c1-2-3-14-22(24(26)27)25-17-15-21(16-18-25)28-23(19-10-6-4-7-11-19)20-12-8-5-9-13-20/h4-13,21-23H,2-3,14-18H2,1H3,(H,26,27). The zero-order valence-electron chi connectivity index (χ0n) is 16.7. The number of likely N-dealkylation sites (tertiary alicyclic amines) is 1. The predicted octanol–water partition coefficient (Wildman–Crippen LogP) is 4.90. The summed E-state index contributed by atoms with van der Waals surface area (Å²) in [7, 11) is 0. The second-order valence-corrected chi connectivity index (χ2v) is 7.57. The number of hydrogen-bond acceptors (Lipinski definition) is 3. The minimum absolute atomic E-state index is 0.0886. The first-order valence-electron chi connectivity index (χ1n) is 10.4. The zero-order valence-corrected chi connectivity index (χ0v) is 16.7. The molecule has 1 aliphatic rings. The van der Waals surface area contributed by atoms with Crippen LogP contribution in [0, 0.1) is 0 Å². The van der Waals surface area contributed by atoms with Crippen molar-refractivity contribution in [2.45, 2.75) is 57.3 Å². The number of benzene rings is 2. The summed E-state index contributed by atoms with van der Waals surface area (Å²) in [4.78, 5) is 13.8. The lowest BCUT2D eigenvalue weighted by atomic mass is 9.99. The maximum Gasteiger partial charge on any atom is 0.320 e. The van der Waals surface area contributed by atoms with Gasteiger partial charge in [0.05, 0.1) is 6.10 Å². The summed E-state index contributed by atoms with van der Waals surface area (Å²) >= 11 is 0. The van der Waals surface area contributed by atoms with E-state index in [0.717, 1.165) is 56.3 Å². The lowest BCUT2D eigenvalue weighted by Gasteiger charge is -2.37. The molecule has 1 aliphatic heterocycles. The quantitative estimate of drug-likeness (QED) is 0.671. The minimum Gasteiger partial charge on any atom is -0.480 e. The summed E-state index contributed by atoms with van der Waals surface area (Å²) in [5.74, 6) is -0.695. The van der Waals surface area contributed by atoms with Crippen LogP contribution in [0.4, 0.5) is 0 Å². The van der Waals surface area contributed by atoms with Gasteiger partial charge >= 0.3 is 5.97 Å². The van der Waals surface area contributed by atoms with Gasteiger partial charge in [0.15, 0.2) is 0 Å². The maximum absolute atomic E-state index is 11.7. The number of piperidine rings is 1. The summed E-state index contributed by atoms with van der Waals surface area (Å²) in [5.41, 5.74) is 2.31. The van der Waals surface area contributed by atoms with Crippen LogP contribution in [0.25, 0.3) is 0 Å². The molecule has 0 spiro atoms. The normalized spacial score (nSPS) is 16.9. The van der Waals surface area contributed by atoms with E-state index in [1.807, 2.05) is 36.4 Å². The fourth-order valence-corrected chi connectivity index (χ4v) is 3.98. The average Bonchev–Trinajstić information content (AvgIpc) is 2.74. The molecule has 0 bridgehead atoms. The first kappa shape index (κ1) is 20.6. The third-order valence-electron chi connectivity index (χ3n) is 5.57. The van der Waals surface area contributed by atoms with Gasteiger partial charge in [0.25, 0.3) is 0 Å². The van der Waals surface area contributed by atoms with Crippen molar-refractivity contribution >= 4 is 5.97 Å². The van der Waals surface area contributed by atoms with E-state index in [2.05, 4.69) is 36.1 Å². The second-order valence-electron chi connectivity index (χ2n) is 7.57. The number of carbonyl (C=O) groups is 1. The Morgan fingerprint density at radius 1 is 1.04 bits per heavy atom. The first-order valence-corrected chi connectivity index (χ1v) is 10.4. The van der Waals surface area contributed by atoms with E-state index in [1.54, 1.807) is 0 Å². The summed E-state index contributed by atoms with van der Waals surface area (Å²) in [6.45, 7) is 3.66. The molecule has 0 aliphatic carbocycles. The Kier molecular flexibility index (Phi) is 7.63. The number of unbranched alkanes of at least 4 members (excludes halogenated alkanes) is 1. The van der Waals surface area contributed by atoms with Crippen molar-refractivity contribution in [1.29, 1.82) is 0 Å². The van der Waals surface area contributed by atoms with Gasteiger partial charge in [-0.3, -0.25) is 9.69 Å². The van der Waals surface area contributed by atoms with Crippen LogP contribution >= 0.6 is 0 Å². The monoisotopic (exact) mass is 381 g/mol. The van der Waals surface area contributed by atoms with Gasteiger partial charge in [-0.25, -0.2) is 0 Å². The number of aliphatic carboxylic acids is 1. The van der Waals surface area contributed by atoms with Crippen molar-refractivity contribution in [3.05, 3.63) is 71.8 Å². The third-order valence-corrected chi connectivity index (χ3v) is 5.57. The summed E-state index contributed by atoms with van der Waals surface area (Å²) in [5, 5.41) is 9.59. The topological polar surface area (TPSA) is 49.8 Å². The van der Waals surface area contributed by atoms with Crippen LogP contribution in [-0.4, -0.2) is 41.2 Å². The Labute approximate surface area is 168 Å². The van der Waals surface area contributed by atoms with Crippen LogP contribution in [0.2, 0.25) is 0 Å². The molecule has 0 saturated carbocycles. The molecule has 2 aromatic rings. The first-order chi connectivity index (χ1) is 13.7. The molecule has 3 rings (SSSR count).